The van der Waals surface area contributed by atoms with E-state index in [0.717, 1.165) is 0 Å². The van der Waals surface area contributed by atoms with Gasteiger partial charge in [0.05, 0.1) is 5.69 Å². The van der Waals surface area contributed by atoms with E-state index in [9.17, 15) is 8.42 Å². The molecule has 0 unspecified atom stereocenters. The van der Waals surface area contributed by atoms with Crippen molar-refractivity contribution in [1.29, 1.82) is 0 Å². The molecule has 2 aromatic rings. The van der Waals surface area contributed by atoms with Gasteiger partial charge < -0.3 is 9.84 Å². The number of aromatic nitrogens is 3. The second-order valence-electron chi connectivity index (χ2n) is 3.23. The Morgan fingerprint density at radius 1 is 1.39 bits per heavy atom. The molecule has 0 aromatic carbocycles. The molecule has 0 spiro atoms. The predicted molar refractivity (Wildman–Crippen MR) is 61.9 cm³/mol. The second-order valence-corrected chi connectivity index (χ2v) is 4.83. The molecule has 0 aliphatic heterocycles. The van der Waals surface area contributed by atoms with Crippen LogP contribution < -0.4 is 16.0 Å². The molecule has 2 heterocycles. The lowest BCUT2D eigenvalue weighted by Gasteiger charge is -2.07. The first-order valence-corrected chi connectivity index (χ1v) is 6.26. The molecule has 2 aromatic heterocycles. The summed E-state index contributed by atoms with van der Waals surface area (Å²) in [6.07, 6.45) is 1.33. The number of sulfonamides is 1. The number of hydrazine groups is 1. The summed E-state index contributed by atoms with van der Waals surface area (Å²) >= 11 is 0. The van der Waals surface area contributed by atoms with Crippen LogP contribution in [0.25, 0.3) is 0 Å². The van der Waals surface area contributed by atoms with Crippen LogP contribution in [0.3, 0.4) is 0 Å². The predicted octanol–water partition coefficient (Wildman–Crippen LogP) is -0.141. The number of rotatable bonds is 4. The van der Waals surface area contributed by atoms with Crippen LogP contribution in [-0.2, 0) is 10.0 Å². The lowest BCUT2D eigenvalue weighted by atomic mass is 10.4. The number of anilines is 2. The van der Waals surface area contributed by atoms with Gasteiger partial charge >= 0.3 is 6.01 Å². The molecule has 0 amide bonds. The van der Waals surface area contributed by atoms with Gasteiger partial charge in [-0.15, -0.1) is 5.10 Å². The van der Waals surface area contributed by atoms with Crippen molar-refractivity contribution in [2.24, 2.45) is 5.84 Å². The molecule has 2 rings (SSSR count). The number of nitrogens with two attached hydrogens (primary N) is 1. The van der Waals surface area contributed by atoms with E-state index in [2.05, 4.69) is 25.3 Å². The van der Waals surface area contributed by atoms with Gasteiger partial charge in [-0.2, -0.15) is 8.42 Å². The normalized spacial score (nSPS) is 11.2. The summed E-state index contributed by atoms with van der Waals surface area (Å²) in [5.74, 6) is 5.45. The van der Waals surface area contributed by atoms with Crippen LogP contribution in [-0.4, -0.2) is 23.6 Å². The van der Waals surface area contributed by atoms with Crippen LogP contribution in [0.2, 0.25) is 0 Å². The van der Waals surface area contributed by atoms with Crippen molar-refractivity contribution < 1.29 is 12.8 Å². The number of nitrogens with zero attached hydrogens (tertiary/aromatic N) is 3. The third kappa shape index (κ3) is 2.38. The molecular weight excluding hydrogens is 260 g/mol. The number of hydrogen-bond donors (Lipinski definition) is 3. The number of nitrogens with one attached hydrogen (secondary N) is 2. The summed E-state index contributed by atoms with van der Waals surface area (Å²) in [6.45, 7) is 1.54. The number of pyridine rings is 1. The topological polar surface area (TPSA) is 136 Å². The van der Waals surface area contributed by atoms with Crippen LogP contribution in [0.1, 0.15) is 5.89 Å². The van der Waals surface area contributed by atoms with Crippen LogP contribution in [0, 0.1) is 6.92 Å². The summed E-state index contributed by atoms with van der Waals surface area (Å²) in [5.41, 5.74) is 2.40. The number of aryl methyl sites for hydroxylation is 1. The largest absolute Gasteiger partial charge is 0.408 e. The van der Waals surface area contributed by atoms with Gasteiger partial charge in [-0.3, -0.25) is 5.84 Å². The zero-order valence-corrected chi connectivity index (χ0v) is 10.1. The summed E-state index contributed by atoms with van der Waals surface area (Å²) in [5, 5.41) is 6.77. The molecule has 0 aliphatic carbocycles. The maximum absolute atomic E-state index is 12.0. The van der Waals surface area contributed by atoms with E-state index >= 15 is 0 Å². The monoisotopic (exact) mass is 270 g/mol. The maximum atomic E-state index is 12.0. The summed E-state index contributed by atoms with van der Waals surface area (Å²) in [4.78, 5) is 3.74. The Balaban J connectivity index is 2.36. The summed E-state index contributed by atoms with van der Waals surface area (Å²) in [6, 6.07) is 2.78. The van der Waals surface area contributed by atoms with Crippen molar-refractivity contribution in [3.05, 3.63) is 24.2 Å². The van der Waals surface area contributed by atoms with Gasteiger partial charge in [0, 0.05) is 13.1 Å². The van der Waals surface area contributed by atoms with Crippen molar-refractivity contribution in [2.75, 3.05) is 10.1 Å². The molecule has 10 heteroatoms. The number of nitrogen functional groups attached to an aromatic ring is 1. The first-order chi connectivity index (χ1) is 8.53. The Labute approximate surface area is 102 Å². The first-order valence-electron chi connectivity index (χ1n) is 4.77. The zero-order valence-electron chi connectivity index (χ0n) is 9.28. The van der Waals surface area contributed by atoms with Gasteiger partial charge in [0.1, 0.15) is 0 Å². The van der Waals surface area contributed by atoms with Gasteiger partial charge in [0.2, 0.25) is 10.9 Å². The molecule has 0 aliphatic rings. The third-order valence-electron chi connectivity index (χ3n) is 1.93. The van der Waals surface area contributed by atoms with E-state index in [4.69, 9.17) is 10.3 Å². The second kappa shape index (κ2) is 4.58. The number of hydrogen-bond acceptors (Lipinski definition) is 8. The van der Waals surface area contributed by atoms with E-state index in [0.29, 0.717) is 0 Å². The molecule has 0 atom stereocenters. The fourth-order valence-electron chi connectivity index (χ4n) is 1.22. The van der Waals surface area contributed by atoms with E-state index in [1.165, 1.54) is 12.3 Å². The molecule has 18 heavy (non-hydrogen) atoms. The minimum absolute atomic E-state index is 0.154. The highest BCUT2D eigenvalue weighted by Gasteiger charge is 2.22. The molecule has 4 N–H and O–H groups in total. The van der Waals surface area contributed by atoms with Gasteiger partial charge in [-0.05, 0) is 12.1 Å². The van der Waals surface area contributed by atoms with E-state index in [1.807, 2.05) is 0 Å². The Kier molecular flexibility index (Phi) is 3.12. The Morgan fingerprint density at radius 3 is 2.78 bits per heavy atom. The van der Waals surface area contributed by atoms with Crippen LogP contribution in [0.15, 0.2) is 27.8 Å². The first kappa shape index (κ1) is 12.3. The van der Waals surface area contributed by atoms with Crippen LogP contribution in [0.5, 0.6) is 0 Å². The minimum Gasteiger partial charge on any atom is -0.408 e. The molecule has 96 valence electrons. The van der Waals surface area contributed by atoms with E-state index in [1.54, 1.807) is 13.0 Å². The van der Waals surface area contributed by atoms with Gasteiger partial charge in [-0.25, -0.2) is 9.71 Å². The van der Waals surface area contributed by atoms with Gasteiger partial charge in [0.15, 0.2) is 0 Å². The van der Waals surface area contributed by atoms with Crippen molar-refractivity contribution >= 4 is 21.7 Å². The van der Waals surface area contributed by atoms with Crippen LogP contribution in [0.4, 0.5) is 11.7 Å². The average Bonchev–Trinajstić information content (AvgIpc) is 2.74. The summed E-state index contributed by atoms with van der Waals surface area (Å²) < 4.78 is 31.0. The van der Waals surface area contributed by atoms with Crippen molar-refractivity contribution in [1.82, 2.24) is 15.2 Å². The lowest BCUT2D eigenvalue weighted by Crippen LogP contribution is -2.19. The highest BCUT2D eigenvalue weighted by atomic mass is 32.2. The maximum Gasteiger partial charge on any atom is 0.329 e. The fourth-order valence-corrected chi connectivity index (χ4v) is 2.24. The standard InChI is InChI=1S/C8H10N6O3S/c1-5-12-13-8(17-5)14-18(15,16)7-6(11-9)3-2-4-10-7/h2-4,11H,9H2,1H3,(H,13,14). The van der Waals surface area contributed by atoms with Gasteiger partial charge in [0.25, 0.3) is 10.0 Å². The van der Waals surface area contributed by atoms with Crippen molar-refractivity contribution in [3.63, 3.8) is 0 Å². The smallest absolute Gasteiger partial charge is 0.329 e. The fraction of sp³-hybridized carbons (Fsp3) is 0.125. The Morgan fingerprint density at radius 2 is 2.17 bits per heavy atom. The molecule has 0 bridgehead atoms. The molecule has 9 nitrogen and oxygen atoms in total. The van der Waals surface area contributed by atoms with E-state index in [-0.39, 0.29) is 22.6 Å². The zero-order chi connectivity index (χ0) is 13.2. The Hall–Kier alpha value is -2.20. The molecular formula is C8H10N6O3S. The average molecular weight is 270 g/mol. The van der Waals surface area contributed by atoms with E-state index < -0.39 is 10.0 Å². The highest BCUT2D eigenvalue weighted by Crippen LogP contribution is 2.19. The third-order valence-corrected chi connectivity index (χ3v) is 3.21. The van der Waals surface area contributed by atoms with Crippen LogP contribution >= 0.6 is 0 Å². The Bertz CT molecular complexity index is 652. The molecule has 0 saturated heterocycles. The van der Waals surface area contributed by atoms with Crippen molar-refractivity contribution in [3.8, 4) is 0 Å². The van der Waals surface area contributed by atoms with Crippen molar-refractivity contribution in [2.45, 2.75) is 11.9 Å². The molecule has 0 saturated carbocycles. The quantitative estimate of drug-likeness (QED) is 0.515. The molecule has 0 radical (unpaired) electrons. The molecule has 0 fully saturated rings. The highest BCUT2D eigenvalue weighted by molar-refractivity contribution is 7.92. The van der Waals surface area contributed by atoms with Gasteiger partial charge in [-0.1, -0.05) is 5.10 Å². The SMILES string of the molecule is Cc1nnc(NS(=O)(=O)c2ncccc2NN)o1. The minimum atomic E-state index is -3.94. The summed E-state index contributed by atoms with van der Waals surface area (Å²) in [7, 11) is -3.94. The lowest BCUT2D eigenvalue weighted by molar-refractivity contribution is 0.534.